The van der Waals surface area contributed by atoms with E-state index in [1.54, 1.807) is 0 Å². The van der Waals surface area contributed by atoms with E-state index in [2.05, 4.69) is 11.9 Å². The highest BCUT2D eigenvalue weighted by molar-refractivity contribution is 5.80. The van der Waals surface area contributed by atoms with E-state index in [0.29, 0.717) is 5.92 Å². The van der Waals surface area contributed by atoms with Gasteiger partial charge in [0.25, 0.3) is 0 Å². The van der Waals surface area contributed by atoms with Crippen LogP contribution in [0.3, 0.4) is 0 Å². The maximum absolute atomic E-state index is 12.1. The predicted octanol–water partition coefficient (Wildman–Crippen LogP) is 3.49. The zero-order valence-corrected chi connectivity index (χ0v) is 13.1. The molecule has 1 amide bonds. The number of hydrogen-bond donors (Lipinski definition) is 2. The molecule has 0 aromatic heterocycles. The molecule has 124 valence electrons. The number of aliphatic carboxylic acids is 1. The van der Waals surface area contributed by atoms with Gasteiger partial charge >= 0.3 is 12.1 Å². The van der Waals surface area contributed by atoms with Gasteiger partial charge in [0.05, 0.1) is 0 Å². The lowest BCUT2D eigenvalue weighted by atomic mass is 9.84. The number of rotatable bonds is 6. The first-order valence-electron chi connectivity index (χ1n) is 8.42. The lowest BCUT2D eigenvalue weighted by Crippen LogP contribution is -2.47. The highest BCUT2D eigenvalue weighted by Gasteiger charge is 2.34. The summed E-state index contributed by atoms with van der Waals surface area (Å²) in [6.07, 6.45) is 9.87. The second-order valence-electron chi connectivity index (χ2n) is 6.52. The van der Waals surface area contributed by atoms with Gasteiger partial charge in [-0.3, -0.25) is 0 Å². The van der Waals surface area contributed by atoms with Gasteiger partial charge in [0.15, 0.2) is 0 Å². The van der Waals surface area contributed by atoms with Gasteiger partial charge in [-0.15, -0.1) is 6.58 Å². The number of carbonyl (C=O) groups excluding carboxylic acids is 1. The summed E-state index contributed by atoms with van der Waals surface area (Å²) in [5.74, 6) is -0.620. The van der Waals surface area contributed by atoms with E-state index in [4.69, 9.17) is 4.74 Å². The summed E-state index contributed by atoms with van der Waals surface area (Å²) in [7, 11) is 0. The smallest absolute Gasteiger partial charge is 0.408 e. The molecule has 2 rings (SSSR count). The van der Waals surface area contributed by atoms with Crippen LogP contribution in [0, 0.1) is 11.8 Å². The lowest BCUT2D eigenvalue weighted by Gasteiger charge is -2.28. The van der Waals surface area contributed by atoms with Crippen molar-refractivity contribution in [1.82, 2.24) is 5.32 Å². The van der Waals surface area contributed by atoms with E-state index < -0.39 is 18.1 Å². The molecule has 0 spiro atoms. The number of hydrogen-bond acceptors (Lipinski definition) is 3. The van der Waals surface area contributed by atoms with Crippen molar-refractivity contribution >= 4 is 12.1 Å². The van der Waals surface area contributed by atoms with Gasteiger partial charge in [-0.2, -0.15) is 0 Å². The van der Waals surface area contributed by atoms with Gasteiger partial charge in [0.2, 0.25) is 0 Å². The number of ether oxygens (including phenoxy) is 1. The summed E-state index contributed by atoms with van der Waals surface area (Å²) in [6, 6.07) is -0.827. The van der Waals surface area contributed by atoms with Crippen molar-refractivity contribution in [2.45, 2.75) is 69.9 Å². The summed E-state index contributed by atoms with van der Waals surface area (Å²) in [4.78, 5) is 23.5. The first-order chi connectivity index (χ1) is 10.6. The van der Waals surface area contributed by atoms with Crippen molar-refractivity contribution in [1.29, 1.82) is 0 Å². The lowest BCUT2D eigenvalue weighted by molar-refractivity contribution is -0.141. The molecule has 5 nitrogen and oxygen atoms in total. The van der Waals surface area contributed by atoms with E-state index in [1.807, 2.05) is 6.08 Å². The van der Waals surface area contributed by atoms with Crippen LogP contribution in [-0.2, 0) is 9.53 Å². The second-order valence-corrected chi connectivity index (χ2v) is 6.52. The van der Waals surface area contributed by atoms with Crippen LogP contribution < -0.4 is 5.32 Å². The molecular weight excluding hydrogens is 282 g/mol. The Morgan fingerprint density at radius 2 is 1.91 bits per heavy atom. The Kier molecular flexibility index (Phi) is 6.28. The van der Waals surface area contributed by atoms with Crippen LogP contribution in [-0.4, -0.2) is 29.3 Å². The molecule has 2 saturated carbocycles. The molecule has 0 saturated heterocycles. The Labute approximate surface area is 132 Å². The fourth-order valence-electron chi connectivity index (χ4n) is 3.79. The van der Waals surface area contributed by atoms with Crippen LogP contribution in [0.25, 0.3) is 0 Å². The molecule has 5 heteroatoms. The van der Waals surface area contributed by atoms with Gasteiger partial charge in [-0.05, 0) is 50.4 Å². The molecule has 0 heterocycles. The largest absolute Gasteiger partial charge is 0.480 e. The molecule has 2 aliphatic rings. The Morgan fingerprint density at radius 1 is 1.18 bits per heavy atom. The molecule has 2 unspecified atom stereocenters. The molecule has 22 heavy (non-hydrogen) atoms. The number of carboxylic acids is 1. The van der Waals surface area contributed by atoms with E-state index in [-0.39, 0.29) is 12.0 Å². The van der Waals surface area contributed by atoms with Gasteiger partial charge in [0, 0.05) is 0 Å². The van der Waals surface area contributed by atoms with Crippen LogP contribution in [0.1, 0.15) is 57.8 Å². The summed E-state index contributed by atoms with van der Waals surface area (Å²) >= 11 is 0. The maximum atomic E-state index is 12.1. The zero-order chi connectivity index (χ0) is 15.9. The Bertz CT molecular complexity index is 403. The van der Waals surface area contributed by atoms with Crippen molar-refractivity contribution in [2.24, 2.45) is 11.8 Å². The van der Waals surface area contributed by atoms with Crippen LogP contribution in [0.15, 0.2) is 12.7 Å². The van der Waals surface area contributed by atoms with Gasteiger partial charge in [0.1, 0.15) is 12.1 Å². The Hall–Kier alpha value is -1.52. The molecule has 2 aliphatic carbocycles. The number of alkyl carbamates (subject to hydrolysis) is 1. The number of carbonyl (C=O) groups is 2. The van der Waals surface area contributed by atoms with E-state index >= 15 is 0 Å². The highest BCUT2D eigenvalue weighted by Crippen LogP contribution is 2.31. The predicted molar refractivity (Wildman–Crippen MR) is 83.6 cm³/mol. The molecule has 3 atom stereocenters. The van der Waals surface area contributed by atoms with Crippen LogP contribution >= 0.6 is 0 Å². The monoisotopic (exact) mass is 309 g/mol. The standard InChI is InChI=1S/C17H27NO4/c1-2-7-12-10-6-11-14(12)22-17(21)18-15(16(19)20)13-8-4-3-5-9-13/h2,12-15H,1,3-11H2,(H,18,21)(H,19,20)/t12?,14?,15-/m0/s1. The third-order valence-electron chi connectivity index (χ3n) is 4.98. The first-order valence-corrected chi connectivity index (χ1v) is 8.42. The van der Waals surface area contributed by atoms with Crippen molar-refractivity contribution < 1.29 is 19.4 Å². The second kappa shape index (κ2) is 8.20. The molecule has 2 N–H and O–H groups in total. The van der Waals surface area contributed by atoms with Crippen molar-refractivity contribution in [3.05, 3.63) is 12.7 Å². The van der Waals surface area contributed by atoms with Crippen LogP contribution in [0.4, 0.5) is 4.79 Å². The summed E-state index contributed by atoms with van der Waals surface area (Å²) < 4.78 is 5.49. The normalized spacial score (nSPS) is 27.1. The molecule has 0 aromatic rings. The first kappa shape index (κ1) is 16.8. The van der Waals surface area contributed by atoms with Gasteiger partial charge in [-0.25, -0.2) is 9.59 Å². The van der Waals surface area contributed by atoms with Crippen LogP contribution in [0.2, 0.25) is 0 Å². The fourth-order valence-corrected chi connectivity index (χ4v) is 3.79. The zero-order valence-electron chi connectivity index (χ0n) is 13.1. The summed E-state index contributed by atoms with van der Waals surface area (Å²) in [6.45, 7) is 3.74. The van der Waals surface area contributed by atoms with Gasteiger partial charge in [-0.1, -0.05) is 25.3 Å². The van der Waals surface area contributed by atoms with Gasteiger partial charge < -0.3 is 15.2 Å². The molecule has 0 aromatic carbocycles. The highest BCUT2D eigenvalue weighted by atomic mass is 16.6. The number of amides is 1. The Balaban J connectivity index is 1.87. The summed E-state index contributed by atoms with van der Waals surface area (Å²) in [5, 5.41) is 12.0. The molecule has 0 aliphatic heterocycles. The van der Waals surface area contributed by atoms with Crippen molar-refractivity contribution in [2.75, 3.05) is 0 Å². The number of carboxylic acid groups (broad SMARTS) is 1. The van der Waals surface area contributed by atoms with Crippen LogP contribution in [0.5, 0.6) is 0 Å². The average molecular weight is 309 g/mol. The topological polar surface area (TPSA) is 75.6 Å². The third kappa shape index (κ3) is 4.49. The van der Waals surface area contributed by atoms with E-state index in [0.717, 1.165) is 57.8 Å². The fraction of sp³-hybridized carbons (Fsp3) is 0.765. The van der Waals surface area contributed by atoms with Crippen molar-refractivity contribution in [3.8, 4) is 0 Å². The van der Waals surface area contributed by atoms with E-state index in [9.17, 15) is 14.7 Å². The summed E-state index contributed by atoms with van der Waals surface area (Å²) in [5.41, 5.74) is 0. The minimum Gasteiger partial charge on any atom is -0.480 e. The molecular formula is C17H27NO4. The average Bonchev–Trinajstić information content (AvgIpc) is 2.93. The molecule has 0 bridgehead atoms. The number of nitrogens with one attached hydrogen (secondary N) is 1. The number of allylic oxidation sites excluding steroid dienone is 1. The maximum Gasteiger partial charge on any atom is 0.408 e. The Morgan fingerprint density at radius 3 is 2.55 bits per heavy atom. The van der Waals surface area contributed by atoms with E-state index in [1.165, 1.54) is 0 Å². The quantitative estimate of drug-likeness (QED) is 0.736. The SMILES string of the molecule is C=CCC1CCCC1OC(=O)N[C@H](C(=O)O)C1CCCCC1. The minimum absolute atomic E-state index is 0.0198. The van der Waals surface area contributed by atoms with Crippen molar-refractivity contribution in [3.63, 3.8) is 0 Å². The molecule has 0 radical (unpaired) electrons. The molecule has 2 fully saturated rings. The third-order valence-corrected chi connectivity index (χ3v) is 4.98. The minimum atomic E-state index is -0.960.